The first-order valence-corrected chi connectivity index (χ1v) is 7.68. The van der Waals surface area contributed by atoms with Crippen LogP contribution in [-0.4, -0.2) is 16.1 Å². The number of carbonyl (C=O) groups is 1. The predicted molar refractivity (Wildman–Crippen MR) is 90.6 cm³/mol. The van der Waals surface area contributed by atoms with E-state index in [-0.39, 0.29) is 22.7 Å². The molecule has 5 heteroatoms. The van der Waals surface area contributed by atoms with Gasteiger partial charge in [0.05, 0.1) is 5.69 Å². The van der Waals surface area contributed by atoms with Gasteiger partial charge in [-0.2, -0.15) is 0 Å². The quantitative estimate of drug-likeness (QED) is 0.572. The molecule has 116 valence electrons. The van der Waals surface area contributed by atoms with E-state index in [1.807, 2.05) is 26.0 Å². The molecule has 1 aromatic carbocycles. The molecule has 1 aromatic rings. The molecule has 0 saturated carbocycles. The van der Waals surface area contributed by atoms with Crippen molar-refractivity contribution >= 4 is 28.9 Å². The van der Waals surface area contributed by atoms with Crippen molar-refractivity contribution in [2.45, 2.75) is 46.5 Å². The number of rotatable bonds is 5. The van der Waals surface area contributed by atoms with E-state index >= 15 is 0 Å². The van der Waals surface area contributed by atoms with Gasteiger partial charge in [0, 0.05) is 6.42 Å². The molecule has 1 atom stereocenters. The summed E-state index contributed by atoms with van der Waals surface area (Å²) in [6, 6.07) is 5.40. The summed E-state index contributed by atoms with van der Waals surface area (Å²) in [5, 5.41) is 15.6. The van der Waals surface area contributed by atoms with Crippen LogP contribution in [0.25, 0.3) is 0 Å². The van der Waals surface area contributed by atoms with Gasteiger partial charge in [0.15, 0.2) is 5.11 Å². The van der Waals surface area contributed by atoms with Crippen molar-refractivity contribution in [1.29, 1.82) is 0 Å². The molecule has 4 nitrogen and oxygen atoms in total. The molecule has 0 aliphatic heterocycles. The van der Waals surface area contributed by atoms with Gasteiger partial charge in [-0.15, -0.1) is 0 Å². The molecule has 0 spiro atoms. The monoisotopic (exact) mass is 308 g/mol. The average molecular weight is 308 g/mol. The summed E-state index contributed by atoms with van der Waals surface area (Å²) < 4.78 is 0. The number of hydrogen-bond acceptors (Lipinski definition) is 3. The number of nitrogens with one attached hydrogen (secondary N) is 2. The highest BCUT2D eigenvalue weighted by Gasteiger charge is 2.11. The van der Waals surface area contributed by atoms with Crippen LogP contribution < -0.4 is 10.6 Å². The Bertz CT molecular complexity index is 515. The summed E-state index contributed by atoms with van der Waals surface area (Å²) in [6.45, 7) is 8.18. The first-order chi connectivity index (χ1) is 9.83. The Labute approximate surface area is 131 Å². The lowest BCUT2D eigenvalue weighted by molar-refractivity contribution is -0.120. The molecular weight excluding hydrogens is 284 g/mol. The Hall–Kier alpha value is -1.62. The Morgan fingerprint density at radius 3 is 2.57 bits per heavy atom. The first-order valence-electron chi connectivity index (χ1n) is 7.27. The van der Waals surface area contributed by atoms with Crippen LogP contribution in [0, 0.1) is 5.92 Å². The van der Waals surface area contributed by atoms with Crippen molar-refractivity contribution in [2.75, 3.05) is 5.32 Å². The standard InChI is InChI=1S/C16H24N2O2S/c1-5-11(4)12-6-7-14(19)13(9-12)17-16(21)18-15(20)8-10(2)3/h6-7,9-11,19H,5,8H2,1-4H3,(H2,17,18,20,21)/t11-/m0/s1. The summed E-state index contributed by atoms with van der Waals surface area (Å²) in [4.78, 5) is 11.7. The van der Waals surface area contributed by atoms with Crippen LogP contribution in [0.15, 0.2) is 18.2 Å². The number of phenols is 1. The van der Waals surface area contributed by atoms with Crippen LogP contribution >= 0.6 is 12.2 Å². The second-order valence-electron chi connectivity index (χ2n) is 5.69. The first kappa shape index (κ1) is 17.4. The molecule has 0 aliphatic rings. The average Bonchev–Trinajstić information content (AvgIpc) is 2.39. The van der Waals surface area contributed by atoms with Gasteiger partial charge >= 0.3 is 0 Å². The molecule has 0 unspecified atom stereocenters. The van der Waals surface area contributed by atoms with Crippen molar-refractivity contribution < 1.29 is 9.90 Å². The zero-order valence-corrected chi connectivity index (χ0v) is 13.9. The summed E-state index contributed by atoms with van der Waals surface area (Å²) >= 11 is 5.11. The number of aromatic hydroxyl groups is 1. The van der Waals surface area contributed by atoms with E-state index in [2.05, 4.69) is 24.5 Å². The molecule has 0 saturated heterocycles. The SMILES string of the molecule is CC[C@H](C)c1ccc(O)c(NC(=S)NC(=O)CC(C)C)c1. The molecular formula is C16H24N2O2S. The molecule has 21 heavy (non-hydrogen) atoms. The Morgan fingerprint density at radius 2 is 2.00 bits per heavy atom. The summed E-state index contributed by atoms with van der Waals surface area (Å²) in [6.07, 6.45) is 1.43. The largest absolute Gasteiger partial charge is 0.506 e. The Balaban J connectivity index is 2.73. The third-order valence-electron chi connectivity index (χ3n) is 3.30. The summed E-state index contributed by atoms with van der Waals surface area (Å²) in [5.74, 6) is 0.660. The Kier molecular flexibility index (Phi) is 6.62. The third-order valence-corrected chi connectivity index (χ3v) is 3.50. The highest BCUT2D eigenvalue weighted by Crippen LogP contribution is 2.28. The van der Waals surface area contributed by atoms with Crippen molar-refractivity contribution in [1.82, 2.24) is 5.32 Å². The highest BCUT2D eigenvalue weighted by molar-refractivity contribution is 7.80. The number of thiocarbonyl (C=S) groups is 1. The van der Waals surface area contributed by atoms with E-state index in [0.29, 0.717) is 18.0 Å². The molecule has 0 bridgehead atoms. The van der Waals surface area contributed by atoms with E-state index in [1.165, 1.54) is 0 Å². The zero-order valence-electron chi connectivity index (χ0n) is 13.1. The molecule has 0 fully saturated rings. The lowest BCUT2D eigenvalue weighted by Gasteiger charge is -2.15. The minimum atomic E-state index is -0.125. The van der Waals surface area contributed by atoms with Gasteiger partial charge in [-0.3, -0.25) is 4.79 Å². The maximum absolute atomic E-state index is 11.7. The topological polar surface area (TPSA) is 61.4 Å². The van der Waals surface area contributed by atoms with Crippen LogP contribution in [0.3, 0.4) is 0 Å². The third kappa shape index (κ3) is 5.71. The molecule has 0 aromatic heterocycles. The predicted octanol–water partition coefficient (Wildman–Crippen LogP) is 3.76. The van der Waals surface area contributed by atoms with Gasteiger partial charge < -0.3 is 15.7 Å². The second kappa shape index (κ2) is 7.98. The van der Waals surface area contributed by atoms with Gasteiger partial charge in [0.25, 0.3) is 0 Å². The summed E-state index contributed by atoms with van der Waals surface area (Å²) in [7, 11) is 0. The van der Waals surface area contributed by atoms with Gasteiger partial charge in [-0.05, 0) is 48.2 Å². The van der Waals surface area contributed by atoms with Gasteiger partial charge in [0.1, 0.15) is 5.75 Å². The highest BCUT2D eigenvalue weighted by atomic mass is 32.1. The van der Waals surface area contributed by atoms with E-state index in [4.69, 9.17) is 12.2 Å². The van der Waals surface area contributed by atoms with Crippen LogP contribution in [0.4, 0.5) is 5.69 Å². The fourth-order valence-electron chi connectivity index (χ4n) is 1.90. The van der Waals surface area contributed by atoms with Crippen molar-refractivity contribution in [2.24, 2.45) is 5.92 Å². The van der Waals surface area contributed by atoms with E-state index in [0.717, 1.165) is 12.0 Å². The maximum atomic E-state index is 11.7. The minimum absolute atomic E-state index is 0.113. The molecule has 0 radical (unpaired) electrons. The molecule has 1 rings (SSSR count). The van der Waals surface area contributed by atoms with Crippen LogP contribution in [-0.2, 0) is 4.79 Å². The van der Waals surface area contributed by atoms with Crippen molar-refractivity contribution in [3.05, 3.63) is 23.8 Å². The molecule has 3 N–H and O–H groups in total. The van der Waals surface area contributed by atoms with Gasteiger partial charge in [-0.25, -0.2) is 0 Å². The summed E-state index contributed by atoms with van der Waals surface area (Å²) in [5.41, 5.74) is 1.64. The fourth-order valence-corrected chi connectivity index (χ4v) is 2.12. The van der Waals surface area contributed by atoms with E-state index in [9.17, 15) is 9.90 Å². The van der Waals surface area contributed by atoms with E-state index in [1.54, 1.807) is 6.07 Å². The smallest absolute Gasteiger partial charge is 0.226 e. The number of amides is 1. The molecule has 0 aliphatic carbocycles. The molecule has 1 amide bonds. The number of benzene rings is 1. The Morgan fingerprint density at radius 1 is 1.33 bits per heavy atom. The number of anilines is 1. The van der Waals surface area contributed by atoms with Crippen LogP contribution in [0.5, 0.6) is 5.75 Å². The molecule has 0 heterocycles. The van der Waals surface area contributed by atoms with Crippen molar-refractivity contribution in [3.63, 3.8) is 0 Å². The lowest BCUT2D eigenvalue weighted by Crippen LogP contribution is -2.34. The minimum Gasteiger partial charge on any atom is -0.506 e. The number of carbonyl (C=O) groups excluding carboxylic acids is 1. The number of hydrogen-bond donors (Lipinski definition) is 3. The van der Waals surface area contributed by atoms with Gasteiger partial charge in [0.2, 0.25) is 5.91 Å². The second-order valence-corrected chi connectivity index (χ2v) is 6.09. The maximum Gasteiger partial charge on any atom is 0.226 e. The number of phenolic OH excluding ortho intramolecular Hbond substituents is 1. The van der Waals surface area contributed by atoms with E-state index < -0.39 is 0 Å². The van der Waals surface area contributed by atoms with Crippen molar-refractivity contribution in [3.8, 4) is 5.75 Å². The fraction of sp³-hybridized carbons (Fsp3) is 0.500. The van der Waals surface area contributed by atoms with Crippen LogP contribution in [0.1, 0.15) is 52.0 Å². The van der Waals surface area contributed by atoms with Crippen LogP contribution in [0.2, 0.25) is 0 Å². The van der Waals surface area contributed by atoms with Gasteiger partial charge in [-0.1, -0.05) is 33.8 Å². The lowest BCUT2D eigenvalue weighted by atomic mass is 9.98. The zero-order chi connectivity index (χ0) is 16.0. The normalized spacial score (nSPS) is 12.0.